The van der Waals surface area contributed by atoms with Gasteiger partial charge >= 0.3 is 0 Å². The fourth-order valence-corrected chi connectivity index (χ4v) is 3.19. The van der Waals surface area contributed by atoms with E-state index in [0.717, 1.165) is 43.2 Å². The Balaban J connectivity index is 1.39. The Bertz CT molecular complexity index is 494. The minimum absolute atomic E-state index is 0.542. The molecular weight excluding hydrogens is 296 g/mol. The first-order chi connectivity index (χ1) is 10.8. The molecule has 0 aliphatic heterocycles. The number of aliphatic imine (C=N–C) groups is 1. The van der Waals surface area contributed by atoms with Gasteiger partial charge in [0.15, 0.2) is 5.96 Å². The van der Waals surface area contributed by atoms with Crippen LogP contribution in [0.1, 0.15) is 31.2 Å². The lowest BCUT2D eigenvalue weighted by Gasteiger charge is -2.18. The summed E-state index contributed by atoms with van der Waals surface area (Å²) in [7, 11) is 1.84. The maximum absolute atomic E-state index is 5.79. The average Bonchev–Trinajstić information content (AvgIpc) is 3.41. The fourth-order valence-electron chi connectivity index (χ4n) is 3.08. The molecule has 5 heteroatoms. The summed E-state index contributed by atoms with van der Waals surface area (Å²) < 4.78 is 0. The first kappa shape index (κ1) is 15.6. The zero-order chi connectivity index (χ0) is 15.4. The third-order valence-electron chi connectivity index (χ3n) is 4.68. The van der Waals surface area contributed by atoms with Crippen LogP contribution in [-0.2, 0) is 6.42 Å². The van der Waals surface area contributed by atoms with E-state index in [1.54, 1.807) is 0 Å². The number of hydrogen-bond donors (Lipinski definition) is 2. The second-order valence-corrected chi connectivity index (χ2v) is 6.85. The molecule has 22 heavy (non-hydrogen) atoms. The minimum Gasteiger partial charge on any atom is -0.356 e. The molecule has 0 amide bonds. The van der Waals surface area contributed by atoms with Crippen LogP contribution in [-0.4, -0.2) is 31.1 Å². The Hall–Kier alpha value is -1.29. The minimum atomic E-state index is 0.542. The lowest BCUT2D eigenvalue weighted by molar-refractivity contribution is 0.400. The Kier molecular flexibility index (Phi) is 5.19. The van der Waals surface area contributed by atoms with E-state index in [4.69, 9.17) is 11.6 Å². The van der Waals surface area contributed by atoms with Crippen molar-refractivity contribution >= 4 is 17.6 Å². The van der Waals surface area contributed by atoms with Gasteiger partial charge in [-0.05, 0) is 61.5 Å². The van der Waals surface area contributed by atoms with Crippen LogP contribution in [0.3, 0.4) is 0 Å². The molecule has 0 radical (unpaired) electrons. The van der Waals surface area contributed by atoms with Crippen molar-refractivity contribution in [2.45, 2.75) is 32.1 Å². The predicted octanol–water partition coefficient (Wildman–Crippen LogP) is 2.88. The first-order valence-corrected chi connectivity index (χ1v) is 8.69. The lowest BCUT2D eigenvalue weighted by atomic mass is 9.98. The second kappa shape index (κ2) is 7.32. The molecule has 120 valence electrons. The van der Waals surface area contributed by atoms with Gasteiger partial charge in [0.05, 0.1) is 0 Å². The summed E-state index contributed by atoms with van der Waals surface area (Å²) in [6, 6.07) is 3.85. The molecule has 2 aliphatic carbocycles. The highest BCUT2D eigenvalue weighted by Crippen LogP contribution is 2.48. The van der Waals surface area contributed by atoms with E-state index in [0.29, 0.717) is 5.15 Å². The van der Waals surface area contributed by atoms with Gasteiger partial charge in [-0.25, -0.2) is 4.98 Å². The van der Waals surface area contributed by atoms with Crippen LogP contribution in [0.15, 0.2) is 23.3 Å². The van der Waals surface area contributed by atoms with Crippen LogP contribution < -0.4 is 10.6 Å². The molecule has 2 N–H and O–H groups in total. The van der Waals surface area contributed by atoms with Gasteiger partial charge in [0.25, 0.3) is 0 Å². The number of pyridine rings is 1. The van der Waals surface area contributed by atoms with Crippen LogP contribution in [0.4, 0.5) is 0 Å². The van der Waals surface area contributed by atoms with E-state index in [1.165, 1.54) is 31.2 Å². The summed E-state index contributed by atoms with van der Waals surface area (Å²) in [5, 5.41) is 7.44. The molecule has 2 aliphatic rings. The molecule has 0 saturated heterocycles. The number of rotatable bonds is 7. The van der Waals surface area contributed by atoms with Crippen molar-refractivity contribution in [1.82, 2.24) is 15.6 Å². The molecule has 3 rings (SSSR count). The Labute approximate surface area is 137 Å². The highest BCUT2D eigenvalue weighted by Gasteiger charge is 2.41. The zero-order valence-corrected chi connectivity index (χ0v) is 13.9. The van der Waals surface area contributed by atoms with Crippen molar-refractivity contribution < 1.29 is 0 Å². The SMILES string of the molecule is CN=C(NCCc1ccc(Cl)nc1)NCC(C1CC1)C1CC1. The number of hydrogen-bond acceptors (Lipinski definition) is 2. The van der Waals surface area contributed by atoms with E-state index < -0.39 is 0 Å². The van der Waals surface area contributed by atoms with Crippen molar-refractivity contribution in [3.8, 4) is 0 Å². The maximum atomic E-state index is 5.79. The molecule has 0 unspecified atom stereocenters. The first-order valence-electron chi connectivity index (χ1n) is 8.31. The van der Waals surface area contributed by atoms with Crippen molar-refractivity contribution in [3.05, 3.63) is 29.0 Å². The maximum Gasteiger partial charge on any atom is 0.190 e. The van der Waals surface area contributed by atoms with Crippen LogP contribution in [0.5, 0.6) is 0 Å². The normalized spacial score (nSPS) is 18.6. The van der Waals surface area contributed by atoms with Crippen molar-refractivity contribution in [2.75, 3.05) is 20.1 Å². The Morgan fingerprint density at radius 1 is 1.27 bits per heavy atom. The quantitative estimate of drug-likeness (QED) is 0.461. The summed E-state index contributed by atoms with van der Waals surface area (Å²) >= 11 is 5.79. The van der Waals surface area contributed by atoms with Gasteiger partial charge in [-0.1, -0.05) is 17.7 Å². The van der Waals surface area contributed by atoms with E-state index in [2.05, 4.69) is 20.6 Å². The van der Waals surface area contributed by atoms with Crippen molar-refractivity contribution in [2.24, 2.45) is 22.7 Å². The summed E-state index contributed by atoms with van der Waals surface area (Å²) in [6.45, 7) is 1.91. The van der Waals surface area contributed by atoms with Gasteiger partial charge in [-0.15, -0.1) is 0 Å². The lowest BCUT2D eigenvalue weighted by Crippen LogP contribution is -2.41. The molecule has 0 bridgehead atoms. The molecular formula is C17H25ClN4. The van der Waals surface area contributed by atoms with Gasteiger partial charge in [0.2, 0.25) is 0 Å². The third-order valence-corrected chi connectivity index (χ3v) is 4.90. The average molecular weight is 321 g/mol. The van der Waals surface area contributed by atoms with E-state index in [1.807, 2.05) is 25.4 Å². The van der Waals surface area contributed by atoms with Gasteiger partial charge < -0.3 is 10.6 Å². The molecule has 0 aromatic carbocycles. The number of guanidine groups is 1. The van der Waals surface area contributed by atoms with Gasteiger partial charge in [-0.2, -0.15) is 0 Å². The Morgan fingerprint density at radius 3 is 2.55 bits per heavy atom. The zero-order valence-electron chi connectivity index (χ0n) is 13.2. The summed E-state index contributed by atoms with van der Waals surface area (Å²) in [5.41, 5.74) is 1.18. The summed E-state index contributed by atoms with van der Waals surface area (Å²) in [5.74, 6) is 3.71. The van der Waals surface area contributed by atoms with E-state index in [9.17, 15) is 0 Å². The van der Waals surface area contributed by atoms with E-state index >= 15 is 0 Å². The van der Waals surface area contributed by atoms with Crippen LogP contribution >= 0.6 is 11.6 Å². The van der Waals surface area contributed by atoms with Crippen molar-refractivity contribution in [1.29, 1.82) is 0 Å². The topological polar surface area (TPSA) is 49.3 Å². The highest BCUT2D eigenvalue weighted by atomic mass is 35.5. The fraction of sp³-hybridized carbons (Fsp3) is 0.647. The molecule has 1 aromatic heterocycles. The smallest absolute Gasteiger partial charge is 0.190 e. The van der Waals surface area contributed by atoms with Crippen LogP contribution in [0, 0.1) is 17.8 Å². The third kappa shape index (κ3) is 4.60. The van der Waals surface area contributed by atoms with Crippen LogP contribution in [0.2, 0.25) is 5.15 Å². The van der Waals surface area contributed by atoms with Gasteiger partial charge in [0.1, 0.15) is 5.15 Å². The largest absolute Gasteiger partial charge is 0.356 e. The molecule has 0 atom stereocenters. The molecule has 4 nitrogen and oxygen atoms in total. The number of nitrogens with zero attached hydrogens (tertiary/aromatic N) is 2. The standard InChI is InChI=1S/C17H25ClN4/c1-19-17(20-9-8-12-2-7-16(18)21-10-12)22-11-15(13-3-4-13)14-5-6-14/h2,7,10,13-15H,3-6,8-9,11H2,1H3,(H2,19,20,22). The second-order valence-electron chi connectivity index (χ2n) is 6.46. The number of aromatic nitrogens is 1. The van der Waals surface area contributed by atoms with Gasteiger partial charge in [-0.3, -0.25) is 4.99 Å². The molecule has 1 heterocycles. The van der Waals surface area contributed by atoms with E-state index in [-0.39, 0.29) is 0 Å². The molecule has 0 spiro atoms. The highest BCUT2D eigenvalue weighted by molar-refractivity contribution is 6.29. The molecule has 1 aromatic rings. The Morgan fingerprint density at radius 2 is 2.00 bits per heavy atom. The number of halogens is 1. The summed E-state index contributed by atoms with van der Waals surface area (Å²) in [4.78, 5) is 8.42. The van der Waals surface area contributed by atoms with Crippen LogP contribution in [0.25, 0.3) is 0 Å². The monoisotopic (exact) mass is 320 g/mol. The number of nitrogens with one attached hydrogen (secondary N) is 2. The molecule has 2 fully saturated rings. The molecule has 2 saturated carbocycles. The predicted molar refractivity (Wildman–Crippen MR) is 91.3 cm³/mol. The summed E-state index contributed by atoms with van der Waals surface area (Å²) in [6.07, 6.45) is 8.46. The van der Waals surface area contributed by atoms with Gasteiger partial charge in [0, 0.05) is 26.3 Å². The van der Waals surface area contributed by atoms with Crippen molar-refractivity contribution in [3.63, 3.8) is 0 Å².